The molecule has 316 valence electrons. The van der Waals surface area contributed by atoms with Gasteiger partial charge in [0, 0.05) is 38.6 Å². The van der Waals surface area contributed by atoms with Crippen LogP contribution in [0.2, 0.25) is 0 Å². The molecule has 3 aliphatic carbocycles. The van der Waals surface area contributed by atoms with E-state index < -0.39 is 0 Å². The van der Waals surface area contributed by atoms with Gasteiger partial charge in [0.15, 0.2) is 0 Å². The van der Waals surface area contributed by atoms with Crippen LogP contribution in [0.3, 0.4) is 0 Å². The van der Waals surface area contributed by atoms with E-state index in [9.17, 15) is 0 Å². The number of aromatic nitrogens is 1. The quantitative estimate of drug-likeness (QED) is 0.160. The minimum Gasteiger partial charge on any atom is -0.310 e. The highest BCUT2D eigenvalue weighted by Gasteiger charge is 2.43. The summed E-state index contributed by atoms with van der Waals surface area (Å²) in [6, 6.07) is 64.1. The first kappa shape index (κ1) is 38.8. The molecule has 1 aromatic heterocycles. The molecule has 0 radical (unpaired) electrons. The molecule has 0 amide bonds. The minimum atomic E-state index is -0.290. The number of hydrogen-bond donors (Lipinski definition) is 0. The van der Waals surface area contributed by atoms with E-state index in [1.807, 2.05) is 6.08 Å². The Labute approximate surface area is 388 Å². The summed E-state index contributed by atoms with van der Waals surface area (Å²) in [5.74, 6) is 0. The first-order valence-corrected chi connectivity index (χ1v) is 23.4. The van der Waals surface area contributed by atoms with Crippen LogP contribution in [0.4, 0.5) is 17.1 Å². The van der Waals surface area contributed by atoms with Crippen molar-refractivity contribution in [3.63, 3.8) is 0 Å². The Bertz CT molecular complexity index is 3640. The Morgan fingerprint density at radius 1 is 0.409 bits per heavy atom. The lowest BCUT2D eigenvalue weighted by molar-refractivity contribution is 0.627. The average Bonchev–Trinajstić information content (AvgIpc) is 3.74. The van der Waals surface area contributed by atoms with E-state index in [-0.39, 0.29) is 16.2 Å². The molecule has 13 rings (SSSR count). The topological polar surface area (TPSA) is 8.17 Å². The minimum absolute atomic E-state index is 0.0879. The molecule has 2 heteroatoms. The van der Waals surface area contributed by atoms with Gasteiger partial charge in [0.2, 0.25) is 0 Å². The van der Waals surface area contributed by atoms with Gasteiger partial charge in [-0.1, -0.05) is 157 Å². The third-order valence-electron chi connectivity index (χ3n) is 15.6. The van der Waals surface area contributed by atoms with Gasteiger partial charge in [0.05, 0.1) is 22.6 Å². The number of nitrogens with zero attached hydrogens (tertiary/aromatic N) is 2. The van der Waals surface area contributed by atoms with Gasteiger partial charge in [-0.3, -0.25) is 0 Å². The van der Waals surface area contributed by atoms with Crippen molar-refractivity contribution in [2.24, 2.45) is 0 Å². The average molecular weight is 847 g/mol. The molecule has 0 bridgehead atoms. The molecule has 0 atom stereocenters. The Morgan fingerprint density at radius 2 is 0.985 bits per heavy atom. The van der Waals surface area contributed by atoms with E-state index in [0.717, 1.165) is 5.69 Å². The molecule has 0 saturated carbocycles. The van der Waals surface area contributed by atoms with Gasteiger partial charge in [-0.2, -0.15) is 0 Å². The summed E-state index contributed by atoms with van der Waals surface area (Å²) in [6.45, 7) is 14.3. The predicted molar refractivity (Wildman–Crippen MR) is 278 cm³/mol. The van der Waals surface area contributed by atoms with Crippen LogP contribution in [0.15, 0.2) is 188 Å². The number of hydrogen-bond acceptors (Lipinski definition) is 1. The predicted octanol–water partition coefficient (Wildman–Crippen LogP) is 16.9. The Balaban J connectivity index is 0.971. The lowest BCUT2D eigenvalue weighted by Gasteiger charge is -2.43. The van der Waals surface area contributed by atoms with Crippen molar-refractivity contribution in [3.8, 4) is 50.2 Å². The SMILES string of the molecule is CC1(C)c2ccccc2-c2ccc(-n3c4c(c5cc(-c6ccc7c(c6)C(C)(C)c6cc8c(cc6N7c6ccc(-c7ccccc7)cc6)C(C)(C)c6ccccc6-8)ccc53)C=C=CC=C4)cc21. The third kappa shape index (κ3) is 5.37. The second kappa shape index (κ2) is 13.7. The molecule has 1 aliphatic heterocycles. The van der Waals surface area contributed by atoms with Crippen molar-refractivity contribution in [1.29, 1.82) is 0 Å². The lowest BCUT2D eigenvalue weighted by atomic mass is 9.71. The molecule has 0 spiro atoms. The lowest BCUT2D eigenvalue weighted by Crippen LogP contribution is -2.31. The molecule has 2 nitrogen and oxygen atoms in total. The summed E-state index contributed by atoms with van der Waals surface area (Å²) in [5.41, 5.74) is 29.7. The van der Waals surface area contributed by atoms with Crippen molar-refractivity contribution in [3.05, 3.63) is 232 Å². The van der Waals surface area contributed by atoms with Gasteiger partial charge < -0.3 is 9.47 Å². The molecule has 0 saturated heterocycles. The Morgan fingerprint density at radius 3 is 1.74 bits per heavy atom. The molecule has 9 aromatic rings. The van der Waals surface area contributed by atoms with Crippen LogP contribution in [0.25, 0.3) is 73.2 Å². The molecule has 0 N–H and O–H groups in total. The van der Waals surface area contributed by atoms with Crippen molar-refractivity contribution in [1.82, 2.24) is 4.57 Å². The first-order valence-electron chi connectivity index (χ1n) is 23.4. The molecule has 8 aromatic carbocycles. The van der Waals surface area contributed by atoms with E-state index in [1.54, 1.807) is 0 Å². The second-order valence-electron chi connectivity index (χ2n) is 20.3. The van der Waals surface area contributed by atoms with Gasteiger partial charge >= 0.3 is 0 Å². The summed E-state index contributed by atoms with van der Waals surface area (Å²) in [6.07, 6.45) is 8.54. The van der Waals surface area contributed by atoms with Crippen LogP contribution in [-0.4, -0.2) is 4.57 Å². The normalized spacial score (nSPS) is 15.9. The molecule has 2 heterocycles. The van der Waals surface area contributed by atoms with Gasteiger partial charge in [0.25, 0.3) is 0 Å². The number of allylic oxidation sites excluding steroid dienone is 2. The fraction of sp³-hybridized carbons (Fsp3) is 0.141. The largest absolute Gasteiger partial charge is 0.310 e. The van der Waals surface area contributed by atoms with Crippen LogP contribution in [0.1, 0.15) is 86.2 Å². The van der Waals surface area contributed by atoms with E-state index >= 15 is 0 Å². The van der Waals surface area contributed by atoms with Crippen LogP contribution in [-0.2, 0) is 16.2 Å². The summed E-state index contributed by atoms with van der Waals surface area (Å²) < 4.78 is 2.45. The summed E-state index contributed by atoms with van der Waals surface area (Å²) >= 11 is 0. The van der Waals surface area contributed by atoms with E-state index in [1.165, 1.54) is 117 Å². The zero-order valence-electron chi connectivity index (χ0n) is 38.4. The maximum absolute atomic E-state index is 3.45. The maximum atomic E-state index is 3.45. The molecule has 66 heavy (non-hydrogen) atoms. The molecular weight excluding hydrogens is 797 g/mol. The van der Waals surface area contributed by atoms with Crippen molar-refractivity contribution >= 4 is 40.1 Å². The molecule has 0 fully saturated rings. The van der Waals surface area contributed by atoms with Crippen molar-refractivity contribution in [2.45, 2.75) is 57.8 Å². The van der Waals surface area contributed by atoms with E-state index in [4.69, 9.17) is 0 Å². The fourth-order valence-corrected chi connectivity index (χ4v) is 12.1. The summed E-state index contributed by atoms with van der Waals surface area (Å²) in [7, 11) is 0. The highest BCUT2D eigenvalue weighted by Crippen LogP contribution is 2.58. The highest BCUT2D eigenvalue weighted by atomic mass is 15.2. The molecule has 0 unspecified atom stereocenters. The molecule has 4 aliphatic rings. The summed E-state index contributed by atoms with van der Waals surface area (Å²) in [5, 5.41) is 1.22. The number of anilines is 3. The van der Waals surface area contributed by atoms with Crippen LogP contribution < -0.4 is 4.90 Å². The van der Waals surface area contributed by atoms with E-state index in [0.29, 0.717) is 0 Å². The van der Waals surface area contributed by atoms with Crippen molar-refractivity contribution < 1.29 is 0 Å². The van der Waals surface area contributed by atoms with Crippen LogP contribution in [0.5, 0.6) is 0 Å². The monoisotopic (exact) mass is 846 g/mol. The van der Waals surface area contributed by atoms with Gasteiger partial charge in [-0.05, 0) is 157 Å². The fourth-order valence-electron chi connectivity index (χ4n) is 12.1. The third-order valence-corrected chi connectivity index (χ3v) is 15.6. The van der Waals surface area contributed by atoms with Gasteiger partial charge in [0.1, 0.15) is 0 Å². The summed E-state index contributed by atoms with van der Waals surface area (Å²) in [4.78, 5) is 2.52. The standard InChI is InChI=1S/C64H50N2/c1-62(2)52-22-15-13-19-46(52)48-32-31-45(37-54(48)62)66-58-24-12-8-11-21-49(58)51-35-42(27-33-59(51)66)43-28-34-60-56(36-43)64(5,6)57-38-50-47-20-14-16-23-53(47)63(3,4)55(50)39-61(57)65(60)44-29-25-41(26-30-44)40-17-9-7-10-18-40/h7-10,12-39H,1-6H3. The van der Waals surface area contributed by atoms with Crippen LogP contribution >= 0.6 is 0 Å². The van der Waals surface area contributed by atoms with Gasteiger partial charge in [-0.25, -0.2) is 0 Å². The van der Waals surface area contributed by atoms with E-state index in [2.05, 4.69) is 245 Å². The van der Waals surface area contributed by atoms with Crippen molar-refractivity contribution in [2.75, 3.05) is 4.90 Å². The number of benzene rings is 8. The molecular formula is C64H50N2. The zero-order chi connectivity index (χ0) is 44.7. The Hall–Kier alpha value is -7.64. The second-order valence-corrected chi connectivity index (χ2v) is 20.3. The number of rotatable bonds is 4. The maximum Gasteiger partial charge on any atom is 0.0547 e. The Kier molecular flexibility index (Phi) is 8.05. The number of fused-ring (bicyclic) bond motifs is 11. The zero-order valence-corrected chi connectivity index (χ0v) is 38.4. The first-order chi connectivity index (χ1) is 32.0. The highest BCUT2D eigenvalue weighted by molar-refractivity contribution is 5.99. The smallest absolute Gasteiger partial charge is 0.0547 e. The van der Waals surface area contributed by atoms with Gasteiger partial charge in [-0.15, -0.1) is 5.73 Å². The van der Waals surface area contributed by atoms with Crippen LogP contribution in [0, 0.1) is 0 Å².